The molecule has 0 aliphatic carbocycles. The lowest BCUT2D eigenvalue weighted by molar-refractivity contribution is -0.120. The molecule has 0 N–H and O–H groups in total. The van der Waals surface area contributed by atoms with Gasteiger partial charge in [0.1, 0.15) is 22.2 Å². The van der Waals surface area contributed by atoms with E-state index in [1.807, 2.05) is 38.1 Å². The Morgan fingerprint density at radius 1 is 1.00 bits per heavy atom. The van der Waals surface area contributed by atoms with Crippen LogP contribution < -0.4 is 9.47 Å². The number of sulfone groups is 1. The van der Waals surface area contributed by atoms with Crippen LogP contribution in [-0.4, -0.2) is 45.3 Å². The third kappa shape index (κ3) is 7.84. The molecule has 0 amide bonds. The highest BCUT2D eigenvalue weighted by Gasteiger charge is 2.25. The number of carbonyl (C=O) groups excluding carboxylic acids is 1. The van der Waals surface area contributed by atoms with Gasteiger partial charge < -0.3 is 9.47 Å². The molecule has 9 heteroatoms. The van der Waals surface area contributed by atoms with Gasteiger partial charge in [0.05, 0.1) is 22.4 Å². The van der Waals surface area contributed by atoms with Gasteiger partial charge in [-0.15, -0.1) is 11.6 Å². The van der Waals surface area contributed by atoms with Gasteiger partial charge in [0.15, 0.2) is 11.5 Å². The van der Waals surface area contributed by atoms with Gasteiger partial charge in [-0.05, 0) is 41.8 Å². The average Bonchev–Trinajstić information content (AvgIpc) is 2.72. The molecule has 0 fully saturated rings. The molecular formula is C23H27Cl3O5S. The predicted molar refractivity (Wildman–Crippen MR) is 131 cm³/mol. The summed E-state index contributed by atoms with van der Waals surface area (Å²) in [6.45, 7) is 4.36. The quantitative estimate of drug-likeness (QED) is 0.264. The largest absolute Gasteiger partial charge is 0.490 e. The molecule has 0 saturated carbocycles. The lowest BCUT2D eigenvalue weighted by atomic mass is 9.78. The molecule has 5 nitrogen and oxygen atoms in total. The number of alkyl halides is 1. The predicted octanol–water partition coefficient (Wildman–Crippen LogP) is 5.71. The number of hydrogen-bond acceptors (Lipinski definition) is 5. The zero-order chi connectivity index (χ0) is 23.9. The van der Waals surface area contributed by atoms with E-state index in [1.54, 1.807) is 12.1 Å². The number of rotatable bonds is 12. The Hall–Kier alpha value is -1.47. The third-order valence-electron chi connectivity index (χ3n) is 4.97. The molecule has 0 spiro atoms. The Balaban J connectivity index is 2.08. The van der Waals surface area contributed by atoms with Crippen molar-refractivity contribution in [3.8, 4) is 11.5 Å². The molecule has 0 saturated heterocycles. The fraction of sp³-hybridized carbons (Fsp3) is 0.435. The van der Waals surface area contributed by atoms with Gasteiger partial charge in [0, 0.05) is 24.0 Å². The van der Waals surface area contributed by atoms with Crippen molar-refractivity contribution in [1.29, 1.82) is 0 Å². The van der Waals surface area contributed by atoms with Gasteiger partial charge in [-0.2, -0.15) is 0 Å². The minimum atomic E-state index is -3.17. The van der Waals surface area contributed by atoms with E-state index in [4.69, 9.17) is 44.3 Å². The van der Waals surface area contributed by atoms with E-state index in [0.29, 0.717) is 40.5 Å². The molecule has 0 aliphatic rings. The standard InChI is InChI=1S/C23H27Cl3O5S/c1-23(2,17-13-20(25)22(21(26)14-17)30-11-4-10-24)16-5-7-19(8-6-16)31-15-18(27)9-12-32(3,28)29/h5-8,13-14H,4,9-12,15H2,1-3H3. The minimum Gasteiger partial charge on any atom is -0.490 e. The van der Waals surface area contributed by atoms with Crippen molar-refractivity contribution in [2.45, 2.75) is 32.1 Å². The third-order valence-corrected chi connectivity index (χ3v) is 6.75. The van der Waals surface area contributed by atoms with Crippen molar-refractivity contribution < 1.29 is 22.7 Å². The van der Waals surface area contributed by atoms with Crippen LogP contribution in [0.2, 0.25) is 10.0 Å². The van der Waals surface area contributed by atoms with E-state index in [1.165, 1.54) is 0 Å². The first-order valence-corrected chi connectivity index (χ1v) is 13.4. The minimum absolute atomic E-state index is 0.0585. The Kier molecular flexibility index (Phi) is 9.70. The molecule has 2 aromatic rings. The maximum absolute atomic E-state index is 11.8. The fourth-order valence-electron chi connectivity index (χ4n) is 2.96. The van der Waals surface area contributed by atoms with Crippen LogP contribution in [0.3, 0.4) is 0 Å². The van der Waals surface area contributed by atoms with Crippen LogP contribution in [0.25, 0.3) is 0 Å². The van der Waals surface area contributed by atoms with E-state index < -0.39 is 15.3 Å². The van der Waals surface area contributed by atoms with Crippen LogP contribution in [0.15, 0.2) is 36.4 Å². The highest BCUT2D eigenvalue weighted by Crippen LogP contribution is 2.40. The summed E-state index contributed by atoms with van der Waals surface area (Å²) in [6, 6.07) is 11.0. The second-order valence-electron chi connectivity index (χ2n) is 8.02. The zero-order valence-electron chi connectivity index (χ0n) is 18.3. The van der Waals surface area contributed by atoms with Gasteiger partial charge in [-0.3, -0.25) is 4.79 Å². The highest BCUT2D eigenvalue weighted by atomic mass is 35.5. The molecule has 0 unspecified atom stereocenters. The van der Waals surface area contributed by atoms with Gasteiger partial charge >= 0.3 is 0 Å². The molecule has 0 bridgehead atoms. The fourth-order valence-corrected chi connectivity index (χ4v) is 4.26. The van der Waals surface area contributed by atoms with E-state index in [0.717, 1.165) is 17.4 Å². The number of hydrogen-bond donors (Lipinski definition) is 0. The summed E-state index contributed by atoms with van der Waals surface area (Å²) in [4.78, 5) is 11.8. The molecule has 32 heavy (non-hydrogen) atoms. The van der Waals surface area contributed by atoms with Gasteiger partial charge in [0.2, 0.25) is 0 Å². The summed E-state index contributed by atoms with van der Waals surface area (Å²) in [5, 5.41) is 0.866. The maximum atomic E-state index is 11.8. The molecular weight excluding hydrogens is 495 g/mol. The normalized spacial score (nSPS) is 11.9. The van der Waals surface area contributed by atoms with Gasteiger partial charge in [0.25, 0.3) is 0 Å². The first-order valence-electron chi connectivity index (χ1n) is 10.0. The number of halogens is 3. The lowest BCUT2D eigenvalue weighted by Crippen LogP contribution is -2.19. The molecule has 0 atom stereocenters. The van der Waals surface area contributed by atoms with Crippen LogP contribution >= 0.6 is 34.8 Å². The smallest absolute Gasteiger partial charge is 0.171 e. The Labute approximate surface area is 204 Å². The van der Waals surface area contributed by atoms with Gasteiger partial charge in [-0.1, -0.05) is 49.2 Å². The highest BCUT2D eigenvalue weighted by molar-refractivity contribution is 7.90. The number of Topliss-reactive ketones (excluding diaryl/α,β-unsaturated/α-hetero) is 1. The van der Waals surface area contributed by atoms with Crippen molar-refractivity contribution in [2.24, 2.45) is 0 Å². The van der Waals surface area contributed by atoms with Crippen LogP contribution in [-0.2, 0) is 20.0 Å². The second kappa shape index (κ2) is 11.6. The topological polar surface area (TPSA) is 69.7 Å². The summed E-state index contributed by atoms with van der Waals surface area (Å²) in [5.41, 5.74) is 1.50. The maximum Gasteiger partial charge on any atom is 0.171 e. The van der Waals surface area contributed by atoms with Crippen LogP contribution in [0, 0.1) is 0 Å². The lowest BCUT2D eigenvalue weighted by Gasteiger charge is -2.27. The first kappa shape index (κ1) is 26.8. The molecule has 0 heterocycles. The van der Waals surface area contributed by atoms with E-state index >= 15 is 0 Å². The number of carbonyl (C=O) groups is 1. The van der Waals surface area contributed by atoms with Crippen molar-refractivity contribution in [3.63, 3.8) is 0 Å². The van der Waals surface area contributed by atoms with E-state index in [-0.39, 0.29) is 24.6 Å². The van der Waals surface area contributed by atoms with Crippen LogP contribution in [0.5, 0.6) is 11.5 Å². The summed E-state index contributed by atoms with van der Waals surface area (Å²) < 4.78 is 33.5. The monoisotopic (exact) mass is 520 g/mol. The number of ether oxygens (including phenoxy) is 2. The molecule has 2 rings (SSSR count). The molecule has 0 aliphatic heterocycles. The van der Waals surface area contributed by atoms with Crippen LogP contribution in [0.4, 0.5) is 0 Å². The van der Waals surface area contributed by atoms with Crippen molar-refractivity contribution in [1.82, 2.24) is 0 Å². The molecule has 176 valence electrons. The first-order chi connectivity index (χ1) is 14.9. The van der Waals surface area contributed by atoms with Crippen molar-refractivity contribution in [2.75, 3.05) is 31.1 Å². The Morgan fingerprint density at radius 3 is 2.12 bits per heavy atom. The van der Waals surface area contributed by atoms with E-state index in [9.17, 15) is 13.2 Å². The number of benzene rings is 2. The molecule has 0 radical (unpaired) electrons. The summed E-state index contributed by atoms with van der Waals surface area (Å²) in [6.07, 6.45) is 1.74. The van der Waals surface area contributed by atoms with Crippen molar-refractivity contribution in [3.05, 3.63) is 57.6 Å². The summed E-state index contributed by atoms with van der Waals surface area (Å²) in [5.74, 6) is 1.02. The molecule has 2 aromatic carbocycles. The summed E-state index contributed by atoms with van der Waals surface area (Å²) >= 11 is 18.5. The van der Waals surface area contributed by atoms with Crippen LogP contribution in [0.1, 0.15) is 37.8 Å². The summed E-state index contributed by atoms with van der Waals surface area (Å²) in [7, 11) is -3.17. The zero-order valence-corrected chi connectivity index (χ0v) is 21.4. The SMILES string of the molecule is CC(C)(c1ccc(OCC(=O)CCS(C)(=O)=O)cc1)c1cc(Cl)c(OCCCCl)c(Cl)c1. The average molecular weight is 522 g/mol. The van der Waals surface area contributed by atoms with Crippen molar-refractivity contribution >= 4 is 50.4 Å². The second-order valence-corrected chi connectivity index (χ2v) is 11.5. The van der Waals surface area contributed by atoms with Gasteiger partial charge in [-0.25, -0.2) is 8.42 Å². The van der Waals surface area contributed by atoms with E-state index in [2.05, 4.69) is 0 Å². The number of ketones is 1. The Bertz CT molecular complexity index is 1010. The molecule has 0 aromatic heterocycles. The Morgan fingerprint density at radius 2 is 1.59 bits per heavy atom.